The van der Waals surface area contributed by atoms with Gasteiger partial charge in [0.25, 0.3) is 0 Å². The van der Waals surface area contributed by atoms with E-state index in [-0.39, 0.29) is 0 Å². The number of hydrogen-bond acceptors (Lipinski definition) is 2. The summed E-state index contributed by atoms with van der Waals surface area (Å²) in [5.74, 6) is 0.923. The van der Waals surface area contributed by atoms with E-state index in [1.807, 2.05) is 25.3 Å². The lowest BCUT2D eigenvalue weighted by molar-refractivity contribution is 0.340. The third kappa shape index (κ3) is 4.95. The van der Waals surface area contributed by atoms with E-state index < -0.39 is 0 Å². The molecule has 0 saturated heterocycles. The van der Waals surface area contributed by atoms with Gasteiger partial charge in [0.15, 0.2) is 0 Å². The molecule has 0 radical (unpaired) electrons. The third-order valence-electron chi connectivity index (χ3n) is 4.55. The standard InChI is InChI=1S/C24H27NO/c1-3-5-23-15-10-20(18-25-23)7-6-19-8-11-21(12-9-19)22-13-16-24(17-14-22)26-4-2/h8-18H,3-7H2,1-2H3. The molecular weight excluding hydrogens is 318 g/mol. The molecule has 3 aromatic rings. The second-order valence-electron chi connectivity index (χ2n) is 6.56. The lowest BCUT2D eigenvalue weighted by Gasteiger charge is -2.07. The fourth-order valence-corrected chi connectivity index (χ4v) is 3.07. The molecule has 1 aromatic heterocycles. The van der Waals surface area contributed by atoms with E-state index >= 15 is 0 Å². The first-order chi connectivity index (χ1) is 12.8. The second-order valence-corrected chi connectivity index (χ2v) is 6.56. The Bertz CT molecular complexity index is 789. The van der Waals surface area contributed by atoms with Gasteiger partial charge in [-0.05, 0) is 66.6 Å². The first-order valence-electron chi connectivity index (χ1n) is 9.54. The van der Waals surface area contributed by atoms with Gasteiger partial charge in [-0.2, -0.15) is 0 Å². The van der Waals surface area contributed by atoms with Gasteiger partial charge >= 0.3 is 0 Å². The van der Waals surface area contributed by atoms with Gasteiger partial charge in [-0.3, -0.25) is 4.98 Å². The van der Waals surface area contributed by atoms with Gasteiger partial charge in [-0.1, -0.05) is 55.8 Å². The average molecular weight is 345 g/mol. The van der Waals surface area contributed by atoms with E-state index in [1.165, 1.54) is 27.9 Å². The molecule has 0 aliphatic heterocycles. The quantitative estimate of drug-likeness (QED) is 0.508. The van der Waals surface area contributed by atoms with Crippen molar-refractivity contribution in [2.45, 2.75) is 39.5 Å². The van der Waals surface area contributed by atoms with Crippen molar-refractivity contribution in [3.8, 4) is 16.9 Å². The van der Waals surface area contributed by atoms with Crippen molar-refractivity contribution >= 4 is 0 Å². The summed E-state index contributed by atoms with van der Waals surface area (Å²) in [6.07, 6.45) is 6.31. The third-order valence-corrected chi connectivity index (χ3v) is 4.55. The number of nitrogens with zero attached hydrogens (tertiary/aromatic N) is 1. The zero-order chi connectivity index (χ0) is 18.2. The van der Waals surface area contributed by atoms with Crippen LogP contribution in [0.15, 0.2) is 66.9 Å². The molecule has 26 heavy (non-hydrogen) atoms. The molecule has 2 nitrogen and oxygen atoms in total. The number of benzene rings is 2. The molecule has 0 atom stereocenters. The van der Waals surface area contributed by atoms with Gasteiger partial charge in [0.1, 0.15) is 5.75 Å². The normalized spacial score (nSPS) is 10.7. The molecule has 2 aromatic carbocycles. The topological polar surface area (TPSA) is 22.1 Å². The van der Waals surface area contributed by atoms with E-state index in [9.17, 15) is 0 Å². The average Bonchev–Trinajstić information content (AvgIpc) is 2.69. The highest BCUT2D eigenvalue weighted by Crippen LogP contribution is 2.23. The predicted molar refractivity (Wildman–Crippen MR) is 109 cm³/mol. The molecule has 0 aliphatic carbocycles. The van der Waals surface area contributed by atoms with E-state index in [4.69, 9.17) is 4.74 Å². The minimum Gasteiger partial charge on any atom is -0.494 e. The van der Waals surface area contributed by atoms with Crippen LogP contribution >= 0.6 is 0 Å². The summed E-state index contributed by atoms with van der Waals surface area (Å²) in [6.45, 7) is 4.89. The van der Waals surface area contributed by atoms with Gasteiger partial charge in [-0.15, -0.1) is 0 Å². The van der Waals surface area contributed by atoms with Gasteiger partial charge in [0.2, 0.25) is 0 Å². The highest BCUT2D eigenvalue weighted by atomic mass is 16.5. The fourth-order valence-electron chi connectivity index (χ4n) is 3.07. The first-order valence-corrected chi connectivity index (χ1v) is 9.54. The highest BCUT2D eigenvalue weighted by molar-refractivity contribution is 5.64. The van der Waals surface area contributed by atoms with Crippen molar-refractivity contribution < 1.29 is 4.74 Å². The Balaban J connectivity index is 1.58. The summed E-state index contributed by atoms with van der Waals surface area (Å²) in [5, 5.41) is 0. The number of hydrogen-bond donors (Lipinski definition) is 0. The molecule has 0 bridgehead atoms. The second kappa shape index (κ2) is 9.19. The van der Waals surface area contributed by atoms with Crippen molar-refractivity contribution in [1.29, 1.82) is 0 Å². The van der Waals surface area contributed by atoms with E-state index in [0.717, 1.165) is 31.4 Å². The van der Waals surface area contributed by atoms with Crippen molar-refractivity contribution in [3.63, 3.8) is 0 Å². The number of ether oxygens (including phenoxy) is 1. The van der Waals surface area contributed by atoms with E-state index in [1.54, 1.807) is 0 Å². The van der Waals surface area contributed by atoms with Crippen LogP contribution in [-0.2, 0) is 19.3 Å². The molecule has 0 aliphatic rings. The summed E-state index contributed by atoms with van der Waals surface area (Å²) in [6, 6.07) is 21.5. The molecule has 0 amide bonds. The molecule has 0 saturated carbocycles. The summed E-state index contributed by atoms with van der Waals surface area (Å²) >= 11 is 0. The van der Waals surface area contributed by atoms with Crippen LogP contribution in [0.25, 0.3) is 11.1 Å². The molecule has 0 spiro atoms. The van der Waals surface area contributed by atoms with Gasteiger partial charge in [-0.25, -0.2) is 0 Å². The number of rotatable bonds is 8. The number of aryl methyl sites for hydroxylation is 3. The van der Waals surface area contributed by atoms with Crippen LogP contribution in [0.3, 0.4) is 0 Å². The van der Waals surface area contributed by atoms with Crippen LogP contribution in [-0.4, -0.2) is 11.6 Å². The Morgan fingerprint density at radius 1 is 0.692 bits per heavy atom. The highest BCUT2D eigenvalue weighted by Gasteiger charge is 2.01. The molecule has 3 rings (SSSR count). The SMILES string of the molecule is CCCc1ccc(CCc2ccc(-c3ccc(OCC)cc3)cc2)cn1. The Labute approximate surface area is 156 Å². The van der Waals surface area contributed by atoms with Gasteiger partial charge < -0.3 is 4.74 Å². The summed E-state index contributed by atoms with van der Waals surface area (Å²) in [4.78, 5) is 4.54. The predicted octanol–water partition coefficient (Wildman–Crippen LogP) is 5.89. The maximum atomic E-state index is 5.51. The monoisotopic (exact) mass is 345 g/mol. The first kappa shape index (κ1) is 18.2. The van der Waals surface area contributed by atoms with Crippen molar-refractivity contribution in [2.24, 2.45) is 0 Å². The van der Waals surface area contributed by atoms with Gasteiger partial charge in [0, 0.05) is 11.9 Å². The van der Waals surface area contributed by atoms with Crippen LogP contribution in [0, 0.1) is 0 Å². The van der Waals surface area contributed by atoms with Crippen molar-refractivity contribution in [1.82, 2.24) is 4.98 Å². The summed E-state index contributed by atoms with van der Waals surface area (Å²) < 4.78 is 5.51. The Hall–Kier alpha value is -2.61. The molecule has 2 heteroatoms. The van der Waals surface area contributed by atoms with E-state index in [2.05, 4.69) is 60.4 Å². The minimum atomic E-state index is 0.699. The Morgan fingerprint density at radius 3 is 1.88 bits per heavy atom. The largest absolute Gasteiger partial charge is 0.494 e. The molecule has 134 valence electrons. The smallest absolute Gasteiger partial charge is 0.119 e. The zero-order valence-corrected chi connectivity index (χ0v) is 15.7. The molecular formula is C24H27NO. The van der Waals surface area contributed by atoms with E-state index in [0.29, 0.717) is 6.61 Å². The minimum absolute atomic E-state index is 0.699. The number of pyridine rings is 1. The van der Waals surface area contributed by atoms with Crippen LogP contribution in [0.1, 0.15) is 37.1 Å². The molecule has 1 heterocycles. The molecule has 0 fully saturated rings. The van der Waals surface area contributed by atoms with Crippen molar-refractivity contribution in [2.75, 3.05) is 6.61 Å². The zero-order valence-electron chi connectivity index (χ0n) is 15.7. The number of aromatic nitrogens is 1. The fraction of sp³-hybridized carbons (Fsp3) is 0.292. The Kier molecular flexibility index (Phi) is 6.43. The van der Waals surface area contributed by atoms with Crippen LogP contribution in [0.5, 0.6) is 5.75 Å². The van der Waals surface area contributed by atoms with Crippen LogP contribution in [0.4, 0.5) is 0 Å². The van der Waals surface area contributed by atoms with Crippen molar-refractivity contribution in [3.05, 3.63) is 83.7 Å². The lowest BCUT2D eigenvalue weighted by Crippen LogP contribution is -1.95. The molecule has 0 unspecified atom stereocenters. The van der Waals surface area contributed by atoms with Crippen LogP contribution in [0.2, 0.25) is 0 Å². The maximum Gasteiger partial charge on any atom is 0.119 e. The maximum absolute atomic E-state index is 5.51. The summed E-state index contributed by atoms with van der Waals surface area (Å²) in [5.41, 5.74) is 6.31. The summed E-state index contributed by atoms with van der Waals surface area (Å²) in [7, 11) is 0. The molecule has 0 N–H and O–H groups in total. The Morgan fingerprint density at radius 2 is 1.31 bits per heavy atom. The van der Waals surface area contributed by atoms with Crippen LogP contribution < -0.4 is 4.74 Å². The van der Waals surface area contributed by atoms with Gasteiger partial charge in [0.05, 0.1) is 6.61 Å². The lowest BCUT2D eigenvalue weighted by atomic mass is 10.0.